The van der Waals surface area contributed by atoms with E-state index in [0.717, 1.165) is 33.5 Å². The van der Waals surface area contributed by atoms with Gasteiger partial charge in [-0.05, 0) is 60.6 Å². The monoisotopic (exact) mass is 363 g/mol. The maximum absolute atomic E-state index is 12.0. The Morgan fingerprint density at radius 3 is 3.00 bits per heavy atom. The fourth-order valence-electron chi connectivity index (χ4n) is 3.70. The van der Waals surface area contributed by atoms with Gasteiger partial charge in [0.15, 0.2) is 0 Å². The lowest BCUT2D eigenvalue weighted by Crippen LogP contribution is -2.27. The lowest BCUT2D eigenvalue weighted by molar-refractivity contribution is 0.155. The highest BCUT2D eigenvalue weighted by molar-refractivity contribution is 5.97. The molecule has 1 aromatic heterocycles. The molecule has 2 N–H and O–H groups in total. The van der Waals surface area contributed by atoms with E-state index in [1.54, 1.807) is 0 Å². The van der Waals surface area contributed by atoms with Crippen molar-refractivity contribution >= 4 is 29.1 Å². The van der Waals surface area contributed by atoms with E-state index >= 15 is 0 Å². The van der Waals surface area contributed by atoms with Crippen molar-refractivity contribution in [3.8, 4) is 5.75 Å². The molecule has 0 atom stereocenters. The number of ether oxygens (including phenoxy) is 2. The summed E-state index contributed by atoms with van der Waals surface area (Å²) in [5, 5.41) is 11.4. The molecule has 6 heteroatoms. The summed E-state index contributed by atoms with van der Waals surface area (Å²) >= 11 is 0. The second-order valence-electron chi connectivity index (χ2n) is 7.14. The third kappa shape index (κ3) is 3.12. The minimum Gasteiger partial charge on any atom is -0.493 e. The largest absolute Gasteiger partial charge is 0.493 e. The van der Waals surface area contributed by atoms with Gasteiger partial charge in [0.2, 0.25) is 0 Å². The van der Waals surface area contributed by atoms with Gasteiger partial charge in [0, 0.05) is 17.5 Å². The Hall–Kier alpha value is -3.02. The zero-order valence-electron chi connectivity index (χ0n) is 15.0. The third-order valence-electron chi connectivity index (χ3n) is 5.20. The summed E-state index contributed by atoms with van der Waals surface area (Å²) in [5.74, 6) is 1.36. The lowest BCUT2D eigenvalue weighted by Gasteiger charge is -2.17. The molecule has 1 aliphatic heterocycles. The second-order valence-corrected chi connectivity index (χ2v) is 7.14. The van der Waals surface area contributed by atoms with Crippen LogP contribution in [0.2, 0.25) is 0 Å². The van der Waals surface area contributed by atoms with E-state index in [1.165, 1.54) is 18.4 Å². The van der Waals surface area contributed by atoms with Crippen LogP contribution in [0.5, 0.6) is 5.75 Å². The minimum atomic E-state index is -0.385. The number of carbonyl (C=O) groups is 1. The van der Waals surface area contributed by atoms with Crippen LogP contribution in [0.4, 0.5) is 4.79 Å². The molecule has 0 radical (unpaired) electrons. The summed E-state index contributed by atoms with van der Waals surface area (Å²) in [6.45, 7) is 1.29. The van der Waals surface area contributed by atoms with E-state index in [9.17, 15) is 4.79 Å². The molecule has 1 aromatic carbocycles. The zero-order valence-corrected chi connectivity index (χ0v) is 15.0. The number of benzene rings is 1. The van der Waals surface area contributed by atoms with Crippen LogP contribution >= 0.6 is 0 Å². The van der Waals surface area contributed by atoms with Crippen molar-refractivity contribution < 1.29 is 14.3 Å². The molecular formula is C21H21N3O3. The van der Waals surface area contributed by atoms with E-state index in [0.29, 0.717) is 25.5 Å². The number of carbonyl (C=O) groups excluding carboxylic acids is 1. The number of aromatic nitrogens is 2. The molecule has 0 unspecified atom stereocenters. The van der Waals surface area contributed by atoms with E-state index in [4.69, 9.17) is 9.47 Å². The summed E-state index contributed by atoms with van der Waals surface area (Å²) in [4.78, 5) is 12.0. The van der Waals surface area contributed by atoms with Gasteiger partial charge in [-0.1, -0.05) is 12.2 Å². The molecule has 2 aromatic rings. The van der Waals surface area contributed by atoms with E-state index in [2.05, 4.69) is 27.7 Å². The van der Waals surface area contributed by atoms with E-state index in [-0.39, 0.29) is 12.7 Å². The van der Waals surface area contributed by atoms with Gasteiger partial charge in [-0.25, -0.2) is 4.79 Å². The Balaban J connectivity index is 1.72. The van der Waals surface area contributed by atoms with E-state index < -0.39 is 0 Å². The van der Waals surface area contributed by atoms with Crippen LogP contribution in [-0.4, -0.2) is 36.0 Å². The normalized spacial score (nSPS) is 20.1. The molecule has 2 heterocycles. The fraction of sp³-hybridized carbons (Fsp3) is 0.333. The van der Waals surface area contributed by atoms with Gasteiger partial charge in [-0.2, -0.15) is 5.10 Å². The van der Waals surface area contributed by atoms with Crippen molar-refractivity contribution in [2.24, 2.45) is 5.92 Å². The number of nitrogens with zero attached hydrogens (tertiary/aromatic N) is 1. The highest BCUT2D eigenvalue weighted by atomic mass is 16.5. The number of nitrogens with one attached hydrogen (secondary N) is 2. The fourth-order valence-corrected chi connectivity index (χ4v) is 3.70. The van der Waals surface area contributed by atoms with Gasteiger partial charge in [0.05, 0.1) is 17.8 Å². The maximum atomic E-state index is 12.0. The van der Waals surface area contributed by atoms with Gasteiger partial charge in [0.1, 0.15) is 12.4 Å². The van der Waals surface area contributed by atoms with Gasteiger partial charge in [-0.15, -0.1) is 0 Å². The Labute approximate surface area is 156 Å². The molecule has 1 saturated carbocycles. The molecule has 0 saturated heterocycles. The first-order chi connectivity index (χ1) is 13.3. The molecule has 6 nitrogen and oxygen atoms in total. The summed E-state index contributed by atoms with van der Waals surface area (Å²) in [6.07, 6.45) is 11.0. The quantitative estimate of drug-likeness (QED) is 0.808. The highest BCUT2D eigenvalue weighted by Crippen LogP contribution is 2.42. The van der Waals surface area contributed by atoms with Crippen LogP contribution in [0.1, 0.15) is 30.5 Å². The van der Waals surface area contributed by atoms with Crippen molar-refractivity contribution in [3.63, 3.8) is 0 Å². The molecule has 2 bridgehead atoms. The van der Waals surface area contributed by atoms with Crippen molar-refractivity contribution in [1.82, 2.24) is 15.5 Å². The van der Waals surface area contributed by atoms with Gasteiger partial charge in [0.25, 0.3) is 0 Å². The first-order valence-electron chi connectivity index (χ1n) is 9.43. The average Bonchev–Trinajstić information content (AvgIpc) is 3.41. The molecule has 5 rings (SSSR count). The molecule has 1 fully saturated rings. The molecule has 2 aliphatic carbocycles. The molecule has 1 amide bonds. The smallest absolute Gasteiger partial charge is 0.407 e. The van der Waals surface area contributed by atoms with Gasteiger partial charge < -0.3 is 14.8 Å². The Kier molecular flexibility index (Phi) is 3.96. The summed E-state index contributed by atoms with van der Waals surface area (Å²) < 4.78 is 11.6. The van der Waals surface area contributed by atoms with E-state index in [1.807, 2.05) is 24.3 Å². The van der Waals surface area contributed by atoms with Gasteiger partial charge in [-0.3, -0.25) is 5.10 Å². The summed E-state index contributed by atoms with van der Waals surface area (Å²) in [5.41, 5.74) is 5.10. The number of aromatic amines is 1. The molecule has 3 aliphatic rings. The van der Waals surface area contributed by atoms with Crippen LogP contribution in [0.25, 0.3) is 23.1 Å². The molecule has 27 heavy (non-hydrogen) atoms. The number of amides is 1. The Bertz CT molecular complexity index is 996. The summed E-state index contributed by atoms with van der Waals surface area (Å²) in [6, 6.07) is 3.99. The molecule has 0 spiro atoms. The number of H-pyrrole nitrogens is 1. The standard InChI is InChI=1S/C21H21N3O3/c25-21-22-9-2-10-26-19-8-7-18-20-16(19)11-14(12-27-21)15(13-5-6-13)3-1-4-17(20)23-24-18/h1,3-4,7-8,11,13H,2,5-6,9-10,12H2,(H,22,25)(H,23,24). The first kappa shape index (κ1) is 16.2. The number of hydrogen-bond donors (Lipinski definition) is 2. The van der Waals surface area contributed by atoms with Crippen LogP contribution in [0.3, 0.4) is 0 Å². The predicted molar refractivity (Wildman–Crippen MR) is 103 cm³/mol. The molecule has 138 valence electrons. The predicted octanol–water partition coefficient (Wildman–Crippen LogP) is 3.82. The summed E-state index contributed by atoms with van der Waals surface area (Å²) in [7, 11) is 0. The number of alkyl carbamates (subject to hydrolysis) is 1. The van der Waals surface area contributed by atoms with Crippen molar-refractivity contribution in [1.29, 1.82) is 0 Å². The first-order valence-corrected chi connectivity index (χ1v) is 9.43. The van der Waals surface area contributed by atoms with Crippen LogP contribution in [-0.2, 0) is 4.74 Å². The Morgan fingerprint density at radius 1 is 1.19 bits per heavy atom. The lowest BCUT2D eigenvalue weighted by atomic mass is 9.97. The second kappa shape index (κ2) is 6.61. The number of allylic oxidation sites excluding steroid dienone is 2. The number of rotatable bonds is 1. The SMILES string of the molecule is O=C1NCCCOc2ccc3[nH]nc4c3c2C=C(CO1)C(C1CC1)=CC=C4. The average molecular weight is 363 g/mol. The highest BCUT2D eigenvalue weighted by Gasteiger charge is 2.29. The zero-order chi connectivity index (χ0) is 18.2. The maximum Gasteiger partial charge on any atom is 0.407 e. The van der Waals surface area contributed by atoms with Crippen molar-refractivity contribution in [2.45, 2.75) is 19.3 Å². The van der Waals surface area contributed by atoms with Crippen LogP contribution < -0.4 is 10.1 Å². The third-order valence-corrected chi connectivity index (χ3v) is 5.20. The van der Waals surface area contributed by atoms with Crippen LogP contribution in [0.15, 0.2) is 35.4 Å². The topological polar surface area (TPSA) is 76.2 Å². The number of hydrogen-bond acceptors (Lipinski definition) is 4. The van der Waals surface area contributed by atoms with Gasteiger partial charge >= 0.3 is 6.09 Å². The minimum absolute atomic E-state index is 0.241. The van der Waals surface area contributed by atoms with Crippen molar-refractivity contribution in [3.05, 3.63) is 46.7 Å². The molecular weight excluding hydrogens is 342 g/mol. The van der Waals surface area contributed by atoms with Crippen molar-refractivity contribution in [2.75, 3.05) is 19.8 Å². The van der Waals surface area contributed by atoms with Crippen LogP contribution in [0, 0.1) is 5.92 Å². The Morgan fingerprint density at radius 2 is 2.11 bits per heavy atom. The number of cyclic esters (lactones) is 1.